The van der Waals surface area contributed by atoms with Crippen molar-refractivity contribution in [1.82, 2.24) is 4.90 Å². The topological polar surface area (TPSA) is 20.3 Å². The molecule has 2 nitrogen and oxygen atoms in total. The Bertz CT molecular complexity index is 387. The number of hydrogen-bond acceptors (Lipinski definition) is 1. The van der Waals surface area contributed by atoms with Crippen molar-refractivity contribution in [3.63, 3.8) is 0 Å². The number of carbonyl (C=O) groups excluding carboxylic acids is 1. The first-order valence-electron chi connectivity index (χ1n) is 6.29. The smallest absolute Gasteiger partial charge is 0.229 e. The standard InChI is InChI=1S/C15H22ClNO/c1-12(2)17(14(18)15(3,4)11-16)10-13-8-6-5-7-9-13/h5-9,12H,10-11H2,1-4H3. The Morgan fingerprint density at radius 2 is 1.83 bits per heavy atom. The van der Waals surface area contributed by atoms with Gasteiger partial charge < -0.3 is 4.90 Å². The van der Waals surface area contributed by atoms with Crippen LogP contribution in [0.3, 0.4) is 0 Å². The molecule has 0 aliphatic carbocycles. The van der Waals surface area contributed by atoms with E-state index in [1.165, 1.54) is 0 Å². The molecule has 0 unspecified atom stereocenters. The van der Waals surface area contributed by atoms with Crippen LogP contribution in [0, 0.1) is 5.41 Å². The van der Waals surface area contributed by atoms with Gasteiger partial charge in [-0.2, -0.15) is 0 Å². The van der Waals surface area contributed by atoms with Crippen LogP contribution in [0.4, 0.5) is 0 Å². The van der Waals surface area contributed by atoms with Crippen molar-refractivity contribution in [2.75, 3.05) is 5.88 Å². The molecule has 0 aliphatic rings. The Labute approximate surface area is 115 Å². The van der Waals surface area contributed by atoms with E-state index in [0.29, 0.717) is 12.4 Å². The monoisotopic (exact) mass is 267 g/mol. The first-order chi connectivity index (χ1) is 8.38. The highest BCUT2D eigenvalue weighted by Gasteiger charge is 2.32. The highest BCUT2D eigenvalue weighted by molar-refractivity contribution is 6.19. The zero-order valence-electron chi connectivity index (χ0n) is 11.6. The summed E-state index contributed by atoms with van der Waals surface area (Å²) in [5.74, 6) is 0.445. The van der Waals surface area contributed by atoms with Gasteiger partial charge in [-0.1, -0.05) is 30.3 Å². The summed E-state index contributed by atoms with van der Waals surface area (Å²) < 4.78 is 0. The molecular weight excluding hydrogens is 246 g/mol. The predicted molar refractivity (Wildman–Crippen MR) is 76.6 cm³/mol. The van der Waals surface area contributed by atoms with Crippen molar-refractivity contribution >= 4 is 17.5 Å². The largest absolute Gasteiger partial charge is 0.335 e. The average molecular weight is 268 g/mol. The lowest BCUT2D eigenvalue weighted by Crippen LogP contribution is -2.45. The quantitative estimate of drug-likeness (QED) is 0.745. The second-order valence-electron chi connectivity index (χ2n) is 5.53. The van der Waals surface area contributed by atoms with Crippen molar-refractivity contribution < 1.29 is 4.79 Å². The molecule has 0 radical (unpaired) electrons. The maximum Gasteiger partial charge on any atom is 0.229 e. The minimum atomic E-state index is -0.513. The number of nitrogens with zero attached hydrogens (tertiary/aromatic N) is 1. The van der Waals surface area contributed by atoms with Gasteiger partial charge >= 0.3 is 0 Å². The summed E-state index contributed by atoms with van der Waals surface area (Å²) >= 11 is 5.89. The van der Waals surface area contributed by atoms with Gasteiger partial charge in [0.05, 0.1) is 5.41 Å². The van der Waals surface area contributed by atoms with Crippen LogP contribution < -0.4 is 0 Å². The van der Waals surface area contributed by atoms with Crippen LogP contribution >= 0.6 is 11.6 Å². The molecule has 0 saturated heterocycles. The van der Waals surface area contributed by atoms with Gasteiger partial charge in [0.15, 0.2) is 0 Å². The van der Waals surface area contributed by atoms with Gasteiger partial charge in [0.1, 0.15) is 0 Å². The van der Waals surface area contributed by atoms with Crippen LogP contribution in [0.5, 0.6) is 0 Å². The normalized spacial score (nSPS) is 11.7. The Hall–Kier alpha value is -1.02. The van der Waals surface area contributed by atoms with E-state index < -0.39 is 5.41 Å². The van der Waals surface area contributed by atoms with E-state index in [1.807, 2.05) is 62.9 Å². The van der Waals surface area contributed by atoms with E-state index in [9.17, 15) is 4.79 Å². The van der Waals surface area contributed by atoms with Gasteiger partial charge in [0, 0.05) is 18.5 Å². The van der Waals surface area contributed by atoms with E-state index in [-0.39, 0.29) is 11.9 Å². The summed E-state index contributed by atoms with van der Waals surface area (Å²) in [6.45, 7) is 8.49. The highest BCUT2D eigenvalue weighted by atomic mass is 35.5. The third-order valence-corrected chi connectivity index (χ3v) is 3.66. The average Bonchev–Trinajstić information content (AvgIpc) is 2.36. The lowest BCUT2D eigenvalue weighted by molar-refractivity contribution is -0.141. The fourth-order valence-electron chi connectivity index (χ4n) is 1.71. The number of benzene rings is 1. The maximum atomic E-state index is 12.5. The number of alkyl halides is 1. The van der Waals surface area contributed by atoms with Crippen molar-refractivity contribution in [1.29, 1.82) is 0 Å². The molecule has 0 N–H and O–H groups in total. The van der Waals surface area contributed by atoms with Crippen molar-refractivity contribution in [2.24, 2.45) is 5.41 Å². The van der Waals surface area contributed by atoms with Gasteiger partial charge in [0.25, 0.3) is 0 Å². The molecule has 0 bridgehead atoms. The van der Waals surface area contributed by atoms with E-state index in [2.05, 4.69) is 0 Å². The van der Waals surface area contributed by atoms with E-state index in [0.717, 1.165) is 5.56 Å². The van der Waals surface area contributed by atoms with Crippen molar-refractivity contribution in [2.45, 2.75) is 40.3 Å². The highest BCUT2D eigenvalue weighted by Crippen LogP contribution is 2.23. The zero-order valence-corrected chi connectivity index (χ0v) is 12.4. The number of halogens is 1. The molecule has 0 atom stereocenters. The second kappa shape index (κ2) is 6.24. The number of amides is 1. The molecule has 1 aromatic carbocycles. The molecule has 0 saturated carbocycles. The van der Waals surface area contributed by atoms with Crippen LogP contribution in [0.2, 0.25) is 0 Å². The van der Waals surface area contributed by atoms with Gasteiger partial charge in [-0.15, -0.1) is 11.6 Å². The van der Waals surface area contributed by atoms with Crippen LogP contribution in [0.25, 0.3) is 0 Å². The van der Waals surface area contributed by atoms with E-state index in [1.54, 1.807) is 0 Å². The molecule has 18 heavy (non-hydrogen) atoms. The van der Waals surface area contributed by atoms with Crippen molar-refractivity contribution in [3.05, 3.63) is 35.9 Å². The molecule has 0 heterocycles. The van der Waals surface area contributed by atoms with Crippen LogP contribution in [0.15, 0.2) is 30.3 Å². The molecule has 3 heteroatoms. The molecule has 0 spiro atoms. The first-order valence-corrected chi connectivity index (χ1v) is 6.83. The minimum Gasteiger partial charge on any atom is -0.335 e. The maximum absolute atomic E-state index is 12.5. The second-order valence-corrected chi connectivity index (χ2v) is 5.80. The molecule has 1 amide bonds. The Morgan fingerprint density at radius 1 is 1.28 bits per heavy atom. The van der Waals surface area contributed by atoms with Crippen LogP contribution in [-0.2, 0) is 11.3 Å². The van der Waals surface area contributed by atoms with Gasteiger partial charge in [0.2, 0.25) is 5.91 Å². The van der Waals surface area contributed by atoms with Gasteiger partial charge in [-0.25, -0.2) is 0 Å². The third kappa shape index (κ3) is 3.74. The molecular formula is C15H22ClNO. The fourth-order valence-corrected chi connectivity index (χ4v) is 1.83. The Balaban J connectivity index is 2.88. The molecule has 1 rings (SSSR count). The Morgan fingerprint density at radius 3 is 2.28 bits per heavy atom. The van der Waals surface area contributed by atoms with E-state index in [4.69, 9.17) is 11.6 Å². The predicted octanol–water partition coefficient (Wildman–Crippen LogP) is 3.69. The summed E-state index contributed by atoms with van der Waals surface area (Å²) in [5.41, 5.74) is 0.630. The van der Waals surface area contributed by atoms with Crippen LogP contribution in [0.1, 0.15) is 33.3 Å². The zero-order chi connectivity index (χ0) is 13.8. The summed E-state index contributed by atoms with van der Waals surface area (Å²) in [7, 11) is 0. The summed E-state index contributed by atoms with van der Waals surface area (Å²) in [5, 5.41) is 0. The molecule has 0 aliphatic heterocycles. The van der Waals surface area contributed by atoms with E-state index >= 15 is 0 Å². The SMILES string of the molecule is CC(C)N(Cc1ccccc1)C(=O)C(C)(C)CCl. The lowest BCUT2D eigenvalue weighted by atomic mass is 9.93. The minimum absolute atomic E-state index is 0.108. The van der Waals surface area contributed by atoms with Crippen LogP contribution in [-0.4, -0.2) is 22.7 Å². The summed E-state index contributed by atoms with van der Waals surface area (Å²) in [6.07, 6.45) is 0. The summed E-state index contributed by atoms with van der Waals surface area (Å²) in [4.78, 5) is 14.4. The number of carbonyl (C=O) groups is 1. The van der Waals surface area contributed by atoms with Gasteiger partial charge in [-0.3, -0.25) is 4.79 Å². The molecule has 100 valence electrons. The summed E-state index contributed by atoms with van der Waals surface area (Å²) in [6, 6.07) is 10.2. The fraction of sp³-hybridized carbons (Fsp3) is 0.533. The molecule has 0 fully saturated rings. The Kier molecular flexibility index (Phi) is 5.21. The molecule has 0 aromatic heterocycles. The number of hydrogen-bond donors (Lipinski definition) is 0. The van der Waals surface area contributed by atoms with Crippen molar-refractivity contribution in [3.8, 4) is 0 Å². The first kappa shape index (κ1) is 15.0. The lowest BCUT2D eigenvalue weighted by Gasteiger charge is -2.33. The number of rotatable bonds is 5. The molecule has 1 aromatic rings. The third-order valence-electron chi connectivity index (χ3n) is 2.99. The van der Waals surface area contributed by atoms with Gasteiger partial charge in [-0.05, 0) is 33.3 Å².